The van der Waals surface area contributed by atoms with Crippen LogP contribution in [0.3, 0.4) is 0 Å². The number of nitrogens with one attached hydrogen (secondary N) is 2. The number of amides is 4. The van der Waals surface area contributed by atoms with Gasteiger partial charge >= 0.3 is 0 Å². The molecule has 12 nitrogen and oxygen atoms in total. The SMILES string of the molecule is C=CCOCCOCCOCCOCCOCCNc1cccc2c1C(=O)N(C1CCC(=O)NC1=O)C2=O. The van der Waals surface area contributed by atoms with Gasteiger partial charge in [-0.3, -0.25) is 29.4 Å². The quantitative estimate of drug-likeness (QED) is 0.149. The first-order valence-corrected chi connectivity index (χ1v) is 12.6. The standard InChI is InChI=1S/C26H35N3O9/c1-2-9-34-11-13-36-15-17-38-18-16-37-14-12-35-10-8-27-20-5-3-4-19-23(20)26(33)29(25(19)32)21-6-7-22(30)28-24(21)31/h2-5,21,27H,1,6-18H2,(H,28,30,31). The predicted octanol–water partition coefficient (Wildman–Crippen LogP) is 0.769. The fourth-order valence-corrected chi connectivity index (χ4v) is 3.97. The largest absolute Gasteiger partial charge is 0.382 e. The maximum absolute atomic E-state index is 13.1. The molecule has 1 unspecified atom stereocenters. The molecule has 0 radical (unpaired) electrons. The van der Waals surface area contributed by atoms with E-state index in [4.69, 9.17) is 23.7 Å². The highest BCUT2D eigenvalue weighted by molar-refractivity contribution is 6.25. The number of rotatable bonds is 19. The first-order valence-electron chi connectivity index (χ1n) is 12.6. The van der Waals surface area contributed by atoms with Crippen molar-refractivity contribution in [3.05, 3.63) is 42.0 Å². The van der Waals surface area contributed by atoms with E-state index in [-0.39, 0.29) is 24.0 Å². The van der Waals surface area contributed by atoms with E-state index in [0.717, 1.165) is 4.90 Å². The summed E-state index contributed by atoms with van der Waals surface area (Å²) in [5, 5.41) is 5.31. The Balaban J connectivity index is 1.27. The number of carbonyl (C=O) groups is 4. The van der Waals surface area contributed by atoms with Crippen molar-refractivity contribution in [1.29, 1.82) is 0 Å². The Kier molecular flexibility index (Phi) is 12.3. The summed E-state index contributed by atoms with van der Waals surface area (Å²) in [4.78, 5) is 50.5. The third-order valence-electron chi connectivity index (χ3n) is 5.75. The molecule has 0 saturated carbocycles. The van der Waals surface area contributed by atoms with Crippen LogP contribution in [0.2, 0.25) is 0 Å². The molecule has 1 fully saturated rings. The highest BCUT2D eigenvalue weighted by Crippen LogP contribution is 2.32. The van der Waals surface area contributed by atoms with Gasteiger partial charge < -0.3 is 29.0 Å². The fraction of sp³-hybridized carbons (Fsp3) is 0.538. The normalized spacial score (nSPS) is 17.1. The molecular weight excluding hydrogens is 498 g/mol. The van der Waals surface area contributed by atoms with Crippen LogP contribution in [0.25, 0.3) is 0 Å². The molecule has 38 heavy (non-hydrogen) atoms. The molecule has 4 amide bonds. The maximum atomic E-state index is 13.1. The second-order valence-electron chi connectivity index (χ2n) is 8.42. The molecule has 1 atom stereocenters. The summed E-state index contributed by atoms with van der Waals surface area (Å²) < 4.78 is 27.0. The van der Waals surface area contributed by atoms with Crippen LogP contribution in [-0.2, 0) is 33.3 Å². The zero-order chi connectivity index (χ0) is 27.2. The van der Waals surface area contributed by atoms with Gasteiger partial charge in [0, 0.05) is 18.7 Å². The number of piperidine rings is 1. The Bertz CT molecular complexity index is 985. The Hall–Kier alpha value is -3.16. The van der Waals surface area contributed by atoms with Crippen LogP contribution in [0.15, 0.2) is 30.9 Å². The Morgan fingerprint density at radius 1 is 0.868 bits per heavy atom. The molecule has 0 aromatic heterocycles. The minimum Gasteiger partial charge on any atom is -0.382 e. The molecule has 0 aliphatic carbocycles. The number of benzene rings is 1. The number of anilines is 1. The van der Waals surface area contributed by atoms with E-state index in [9.17, 15) is 19.2 Å². The van der Waals surface area contributed by atoms with Crippen LogP contribution in [-0.4, -0.2) is 107 Å². The van der Waals surface area contributed by atoms with E-state index >= 15 is 0 Å². The highest BCUT2D eigenvalue weighted by Gasteiger charge is 2.45. The Labute approximate surface area is 221 Å². The second kappa shape index (κ2) is 15.9. The van der Waals surface area contributed by atoms with E-state index < -0.39 is 29.7 Å². The van der Waals surface area contributed by atoms with Gasteiger partial charge in [0.1, 0.15) is 6.04 Å². The van der Waals surface area contributed by atoms with Crippen LogP contribution < -0.4 is 10.6 Å². The molecule has 2 heterocycles. The van der Waals surface area contributed by atoms with Gasteiger partial charge in [-0.2, -0.15) is 0 Å². The summed E-state index contributed by atoms with van der Waals surface area (Å²) in [6.45, 7) is 8.56. The zero-order valence-corrected chi connectivity index (χ0v) is 21.4. The molecule has 1 aromatic carbocycles. The number of hydrogen-bond donors (Lipinski definition) is 2. The van der Waals surface area contributed by atoms with Gasteiger partial charge in [0.05, 0.1) is 77.2 Å². The van der Waals surface area contributed by atoms with E-state index in [1.54, 1.807) is 24.3 Å². The number of ether oxygens (including phenoxy) is 5. The topological polar surface area (TPSA) is 142 Å². The lowest BCUT2D eigenvalue weighted by atomic mass is 10.0. The maximum Gasteiger partial charge on any atom is 0.264 e. The Morgan fingerprint density at radius 3 is 2.08 bits per heavy atom. The Morgan fingerprint density at radius 2 is 1.47 bits per heavy atom. The fourth-order valence-electron chi connectivity index (χ4n) is 3.97. The summed E-state index contributed by atoms with van der Waals surface area (Å²) in [7, 11) is 0. The van der Waals surface area contributed by atoms with Crippen LogP contribution in [0, 0.1) is 0 Å². The average Bonchev–Trinajstić information content (AvgIpc) is 3.16. The third-order valence-corrected chi connectivity index (χ3v) is 5.75. The van der Waals surface area contributed by atoms with Gasteiger partial charge in [0.25, 0.3) is 11.8 Å². The molecule has 2 aliphatic rings. The number of fused-ring (bicyclic) bond motifs is 1. The molecule has 2 aliphatic heterocycles. The second-order valence-corrected chi connectivity index (χ2v) is 8.42. The molecule has 0 bridgehead atoms. The minimum atomic E-state index is -0.998. The summed E-state index contributed by atoms with van der Waals surface area (Å²) >= 11 is 0. The van der Waals surface area contributed by atoms with Crippen LogP contribution in [0.1, 0.15) is 33.6 Å². The van der Waals surface area contributed by atoms with E-state index in [0.29, 0.717) is 78.3 Å². The van der Waals surface area contributed by atoms with Crippen molar-refractivity contribution in [3.8, 4) is 0 Å². The van der Waals surface area contributed by atoms with Crippen molar-refractivity contribution < 1.29 is 42.9 Å². The summed E-state index contributed by atoms with van der Waals surface area (Å²) in [5.41, 5.74) is 0.934. The number of imide groups is 2. The molecule has 1 saturated heterocycles. The monoisotopic (exact) mass is 533 g/mol. The summed E-state index contributed by atoms with van der Waals surface area (Å²) in [6.07, 6.45) is 1.88. The van der Waals surface area contributed by atoms with Crippen molar-refractivity contribution in [3.63, 3.8) is 0 Å². The van der Waals surface area contributed by atoms with Crippen molar-refractivity contribution in [1.82, 2.24) is 10.2 Å². The molecule has 0 spiro atoms. The number of nitrogens with zero attached hydrogens (tertiary/aromatic N) is 1. The van der Waals surface area contributed by atoms with Crippen molar-refractivity contribution in [2.24, 2.45) is 0 Å². The predicted molar refractivity (Wildman–Crippen MR) is 136 cm³/mol. The molecule has 3 rings (SSSR count). The lowest BCUT2D eigenvalue weighted by Gasteiger charge is -2.27. The zero-order valence-electron chi connectivity index (χ0n) is 21.4. The first-order chi connectivity index (χ1) is 18.5. The lowest BCUT2D eigenvalue weighted by Crippen LogP contribution is -2.54. The van der Waals surface area contributed by atoms with Crippen molar-refractivity contribution >= 4 is 29.3 Å². The molecule has 2 N–H and O–H groups in total. The van der Waals surface area contributed by atoms with E-state index in [2.05, 4.69) is 17.2 Å². The van der Waals surface area contributed by atoms with Gasteiger partial charge in [-0.15, -0.1) is 6.58 Å². The van der Waals surface area contributed by atoms with Gasteiger partial charge in [-0.05, 0) is 18.6 Å². The summed E-state index contributed by atoms with van der Waals surface area (Å²) in [6, 6.07) is 3.92. The average molecular weight is 534 g/mol. The summed E-state index contributed by atoms with van der Waals surface area (Å²) in [5.74, 6) is -2.14. The molecule has 1 aromatic rings. The van der Waals surface area contributed by atoms with Gasteiger partial charge in [0.2, 0.25) is 11.8 Å². The number of carbonyl (C=O) groups excluding carboxylic acids is 4. The van der Waals surface area contributed by atoms with Crippen LogP contribution in [0.4, 0.5) is 5.69 Å². The smallest absolute Gasteiger partial charge is 0.264 e. The molecular formula is C26H35N3O9. The van der Waals surface area contributed by atoms with Crippen molar-refractivity contribution in [2.75, 3.05) is 77.9 Å². The first kappa shape index (κ1) is 29.4. The van der Waals surface area contributed by atoms with Gasteiger partial charge in [-0.1, -0.05) is 12.1 Å². The molecule has 12 heteroatoms. The van der Waals surface area contributed by atoms with Crippen molar-refractivity contribution in [2.45, 2.75) is 18.9 Å². The number of hydrogen-bond acceptors (Lipinski definition) is 10. The highest BCUT2D eigenvalue weighted by atomic mass is 16.6. The van der Waals surface area contributed by atoms with Crippen LogP contribution >= 0.6 is 0 Å². The van der Waals surface area contributed by atoms with E-state index in [1.807, 2.05) is 0 Å². The minimum absolute atomic E-state index is 0.0745. The van der Waals surface area contributed by atoms with Gasteiger partial charge in [-0.25, -0.2) is 0 Å². The van der Waals surface area contributed by atoms with E-state index in [1.165, 1.54) is 0 Å². The molecule has 208 valence electrons. The lowest BCUT2D eigenvalue weighted by molar-refractivity contribution is -0.136. The van der Waals surface area contributed by atoms with Crippen LogP contribution in [0.5, 0.6) is 0 Å². The third kappa shape index (κ3) is 8.43. The van der Waals surface area contributed by atoms with Gasteiger partial charge in [0.15, 0.2) is 0 Å².